The lowest BCUT2D eigenvalue weighted by Crippen LogP contribution is -2.50. The van der Waals surface area contributed by atoms with E-state index in [1.807, 2.05) is 0 Å². The number of hydrogen-bond acceptors (Lipinski definition) is 3. The van der Waals surface area contributed by atoms with E-state index in [0.29, 0.717) is 6.42 Å². The number of thiophene rings is 1. The minimum Gasteiger partial charge on any atom is -0.354 e. The minimum absolute atomic E-state index is 0.0388. The second-order valence-electron chi connectivity index (χ2n) is 4.57. The molecule has 5 heteroatoms. The van der Waals surface area contributed by atoms with Gasteiger partial charge in [-0.25, -0.2) is 0 Å². The van der Waals surface area contributed by atoms with Crippen molar-refractivity contribution >= 4 is 23.2 Å². The van der Waals surface area contributed by atoms with Crippen molar-refractivity contribution in [1.29, 1.82) is 0 Å². The van der Waals surface area contributed by atoms with E-state index < -0.39 is 0 Å². The number of carbonyl (C=O) groups is 2. The molecule has 1 saturated heterocycles. The molecule has 98 valence electrons. The molecule has 2 amide bonds. The maximum absolute atomic E-state index is 11.8. The molecule has 1 aliphatic rings. The third-order valence-electron chi connectivity index (χ3n) is 3.01. The van der Waals surface area contributed by atoms with E-state index in [4.69, 9.17) is 0 Å². The zero-order valence-electron chi connectivity index (χ0n) is 10.5. The van der Waals surface area contributed by atoms with E-state index in [1.54, 1.807) is 11.3 Å². The fourth-order valence-electron chi connectivity index (χ4n) is 2.03. The summed E-state index contributed by atoms with van der Waals surface area (Å²) in [6.07, 6.45) is 2.87. The molecule has 4 nitrogen and oxygen atoms in total. The number of piperidine rings is 1. The Hall–Kier alpha value is -1.36. The van der Waals surface area contributed by atoms with Crippen molar-refractivity contribution in [3.05, 3.63) is 21.9 Å². The average molecular weight is 266 g/mol. The van der Waals surface area contributed by atoms with E-state index in [9.17, 15) is 9.59 Å². The van der Waals surface area contributed by atoms with Crippen LogP contribution in [0.4, 0.5) is 0 Å². The van der Waals surface area contributed by atoms with Crippen LogP contribution in [0.2, 0.25) is 0 Å². The monoisotopic (exact) mass is 266 g/mol. The van der Waals surface area contributed by atoms with Crippen LogP contribution in [0.3, 0.4) is 0 Å². The highest BCUT2D eigenvalue weighted by Gasteiger charge is 2.23. The molecule has 2 rings (SSSR count). The lowest BCUT2D eigenvalue weighted by molar-refractivity contribution is -0.130. The Balaban J connectivity index is 1.76. The lowest BCUT2D eigenvalue weighted by Gasteiger charge is -2.22. The van der Waals surface area contributed by atoms with Gasteiger partial charge in [0.05, 0.1) is 0 Å². The van der Waals surface area contributed by atoms with Crippen molar-refractivity contribution in [1.82, 2.24) is 10.6 Å². The standard InChI is InChI=1S/C13H18N2O2S/c1-9-4-5-10(18-9)6-7-12(16)15-11-3-2-8-14-13(11)17/h4-5,11H,2-3,6-8H2,1H3,(H,14,17)(H,15,16)/t11-/m0/s1. The van der Waals surface area contributed by atoms with Gasteiger partial charge in [0.2, 0.25) is 11.8 Å². The fraction of sp³-hybridized carbons (Fsp3) is 0.538. The van der Waals surface area contributed by atoms with Gasteiger partial charge in [0.25, 0.3) is 0 Å². The third-order valence-corrected chi connectivity index (χ3v) is 4.08. The summed E-state index contributed by atoms with van der Waals surface area (Å²) in [5, 5.41) is 5.56. The van der Waals surface area contributed by atoms with Crippen molar-refractivity contribution in [3.8, 4) is 0 Å². The van der Waals surface area contributed by atoms with Gasteiger partial charge in [0.1, 0.15) is 6.04 Å². The van der Waals surface area contributed by atoms with Crippen molar-refractivity contribution in [2.75, 3.05) is 6.54 Å². The molecule has 0 radical (unpaired) electrons. The van der Waals surface area contributed by atoms with Gasteiger partial charge >= 0.3 is 0 Å². The van der Waals surface area contributed by atoms with Crippen LogP contribution in [-0.4, -0.2) is 24.4 Å². The Bertz CT molecular complexity index is 442. The van der Waals surface area contributed by atoms with Gasteiger partial charge in [-0.1, -0.05) is 0 Å². The summed E-state index contributed by atoms with van der Waals surface area (Å²) >= 11 is 1.72. The van der Waals surface area contributed by atoms with Crippen molar-refractivity contribution < 1.29 is 9.59 Å². The first-order valence-corrected chi connectivity index (χ1v) is 7.09. The van der Waals surface area contributed by atoms with Crippen molar-refractivity contribution in [2.45, 2.75) is 38.6 Å². The van der Waals surface area contributed by atoms with Gasteiger partial charge in [-0.05, 0) is 38.3 Å². The Labute approximate surface area is 111 Å². The topological polar surface area (TPSA) is 58.2 Å². The number of carbonyl (C=O) groups excluding carboxylic acids is 2. The van der Waals surface area contributed by atoms with Crippen LogP contribution in [0, 0.1) is 6.92 Å². The predicted octanol–water partition coefficient (Wildman–Crippen LogP) is 1.38. The third kappa shape index (κ3) is 3.57. The Morgan fingerprint density at radius 1 is 1.56 bits per heavy atom. The lowest BCUT2D eigenvalue weighted by atomic mass is 10.1. The fourth-order valence-corrected chi connectivity index (χ4v) is 2.92. The largest absolute Gasteiger partial charge is 0.354 e. The molecule has 1 atom stereocenters. The van der Waals surface area contributed by atoms with Gasteiger partial charge < -0.3 is 10.6 Å². The second-order valence-corrected chi connectivity index (χ2v) is 5.94. The van der Waals surface area contributed by atoms with Crippen LogP contribution < -0.4 is 10.6 Å². The summed E-state index contributed by atoms with van der Waals surface area (Å²) in [6, 6.07) is 3.78. The number of hydrogen-bond donors (Lipinski definition) is 2. The summed E-state index contributed by atoms with van der Waals surface area (Å²) in [6.45, 7) is 2.78. The molecule has 0 aromatic carbocycles. The second kappa shape index (κ2) is 6.00. The van der Waals surface area contributed by atoms with E-state index in [2.05, 4.69) is 29.7 Å². The zero-order chi connectivity index (χ0) is 13.0. The maximum atomic E-state index is 11.8. The van der Waals surface area contributed by atoms with E-state index >= 15 is 0 Å². The highest BCUT2D eigenvalue weighted by molar-refractivity contribution is 7.11. The van der Waals surface area contributed by atoms with Gasteiger partial charge in [0, 0.05) is 22.7 Å². The molecule has 1 fully saturated rings. The van der Waals surface area contributed by atoms with Gasteiger partial charge in [-0.3, -0.25) is 9.59 Å². The zero-order valence-corrected chi connectivity index (χ0v) is 11.3. The quantitative estimate of drug-likeness (QED) is 0.865. The minimum atomic E-state index is -0.337. The van der Waals surface area contributed by atoms with Gasteiger partial charge in [0.15, 0.2) is 0 Å². The average Bonchev–Trinajstić information content (AvgIpc) is 2.76. The Morgan fingerprint density at radius 3 is 3.06 bits per heavy atom. The first kappa shape index (κ1) is 13.1. The van der Waals surface area contributed by atoms with E-state index in [1.165, 1.54) is 9.75 Å². The summed E-state index contributed by atoms with van der Waals surface area (Å²) in [7, 11) is 0. The van der Waals surface area contributed by atoms with Gasteiger partial charge in [-0.2, -0.15) is 0 Å². The SMILES string of the molecule is Cc1ccc(CCC(=O)N[C@H]2CCCNC2=O)s1. The van der Waals surface area contributed by atoms with Crippen molar-refractivity contribution in [2.24, 2.45) is 0 Å². The van der Waals surface area contributed by atoms with Crippen LogP contribution in [0.5, 0.6) is 0 Å². The molecule has 0 bridgehead atoms. The molecule has 0 aliphatic carbocycles. The van der Waals surface area contributed by atoms with Crippen LogP contribution in [0.1, 0.15) is 29.0 Å². The molecule has 18 heavy (non-hydrogen) atoms. The maximum Gasteiger partial charge on any atom is 0.242 e. The highest BCUT2D eigenvalue weighted by atomic mass is 32.1. The molecular formula is C13H18N2O2S. The van der Waals surface area contributed by atoms with Gasteiger partial charge in [-0.15, -0.1) is 11.3 Å². The number of nitrogens with one attached hydrogen (secondary N) is 2. The molecule has 0 spiro atoms. The Morgan fingerprint density at radius 2 is 2.39 bits per heavy atom. The van der Waals surface area contributed by atoms with Crippen LogP contribution in [0.25, 0.3) is 0 Å². The molecule has 0 saturated carbocycles. The van der Waals surface area contributed by atoms with Crippen molar-refractivity contribution in [3.63, 3.8) is 0 Å². The molecule has 1 aliphatic heterocycles. The Kier molecular flexibility index (Phi) is 4.36. The predicted molar refractivity (Wildman–Crippen MR) is 71.6 cm³/mol. The first-order valence-electron chi connectivity index (χ1n) is 6.27. The van der Waals surface area contributed by atoms with E-state index in [-0.39, 0.29) is 17.9 Å². The molecular weight excluding hydrogens is 248 g/mol. The summed E-state index contributed by atoms with van der Waals surface area (Å²) < 4.78 is 0. The smallest absolute Gasteiger partial charge is 0.242 e. The summed E-state index contributed by atoms with van der Waals surface area (Å²) in [4.78, 5) is 25.7. The van der Waals surface area contributed by atoms with Crippen LogP contribution in [0.15, 0.2) is 12.1 Å². The first-order chi connectivity index (χ1) is 8.65. The number of rotatable bonds is 4. The van der Waals surface area contributed by atoms with Crippen LogP contribution >= 0.6 is 11.3 Å². The molecule has 2 heterocycles. The summed E-state index contributed by atoms with van der Waals surface area (Å²) in [5.41, 5.74) is 0. The molecule has 1 aromatic heterocycles. The van der Waals surface area contributed by atoms with E-state index in [0.717, 1.165) is 25.8 Å². The normalized spacial score (nSPS) is 19.4. The highest BCUT2D eigenvalue weighted by Crippen LogP contribution is 2.16. The molecule has 2 N–H and O–H groups in total. The summed E-state index contributed by atoms with van der Waals surface area (Å²) in [5.74, 6) is -0.0929. The molecule has 1 aromatic rings. The molecule has 0 unspecified atom stereocenters. The van der Waals surface area contributed by atoms with Crippen LogP contribution in [-0.2, 0) is 16.0 Å². The number of aryl methyl sites for hydroxylation is 2. The number of amides is 2.